The minimum atomic E-state index is -5.68. The van der Waals surface area contributed by atoms with Gasteiger partial charge in [-0.05, 0) is 31.4 Å². The number of unbranched alkanes of at least 4 members (excludes halogenated alkanes) is 2. The fourth-order valence-corrected chi connectivity index (χ4v) is 4.50. The standard InChI is InChI=1S/C18H23F3O4S.C11H12O/c1-3-4-6-11-16-15(13(2)25-26(22,23)18(19,20)21)12-17(24-16)14-9-7-5-8-10-14;1-2-3-9-11(12)10-7-5-4-6-8-10/h5,7-10,16-17H,3-4,6,11-12H2,1-2H3;4-8,11-12H,9H2,1H3/b15-13+;/t16-,17-;/m0./s1. The summed E-state index contributed by atoms with van der Waals surface area (Å²) in [5.41, 5.74) is -3.15. The number of halogens is 3. The molecule has 1 aliphatic heterocycles. The van der Waals surface area contributed by atoms with Crippen molar-refractivity contribution in [2.24, 2.45) is 0 Å². The fourth-order valence-electron chi connectivity index (χ4n) is 3.97. The number of alkyl halides is 3. The molecule has 38 heavy (non-hydrogen) atoms. The maximum atomic E-state index is 12.6. The van der Waals surface area contributed by atoms with Gasteiger partial charge in [-0.3, -0.25) is 0 Å². The molecule has 0 bridgehead atoms. The predicted octanol–water partition coefficient (Wildman–Crippen LogP) is 7.37. The van der Waals surface area contributed by atoms with Gasteiger partial charge in [-0.1, -0.05) is 86.8 Å². The number of ether oxygens (including phenoxy) is 1. The van der Waals surface area contributed by atoms with Crippen molar-refractivity contribution in [2.45, 2.75) is 83.1 Å². The van der Waals surface area contributed by atoms with Crippen LogP contribution in [0.3, 0.4) is 0 Å². The smallest absolute Gasteiger partial charge is 0.387 e. The Labute approximate surface area is 223 Å². The second-order valence-electron chi connectivity index (χ2n) is 8.85. The summed E-state index contributed by atoms with van der Waals surface area (Å²) >= 11 is 0. The van der Waals surface area contributed by atoms with Crippen molar-refractivity contribution in [3.05, 3.63) is 83.1 Å². The molecule has 1 fully saturated rings. The number of hydrogen-bond acceptors (Lipinski definition) is 5. The Hall–Kier alpha value is -2.80. The number of hydrogen-bond donors (Lipinski definition) is 1. The Kier molecular flexibility index (Phi) is 12.4. The van der Waals surface area contributed by atoms with Crippen molar-refractivity contribution in [3.63, 3.8) is 0 Å². The van der Waals surface area contributed by atoms with E-state index < -0.39 is 27.8 Å². The summed E-state index contributed by atoms with van der Waals surface area (Å²) in [5, 5.41) is 9.55. The zero-order valence-electron chi connectivity index (χ0n) is 21.9. The van der Waals surface area contributed by atoms with E-state index in [9.17, 15) is 26.7 Å². The van der Waals surface area contributed by atoms with Crippen LogP contribution < -0.4 is 0 Å². The molecule has 3 atom stereocenters. The molecule has 1 unspecified atom stereocenters. The lowest BCUT2D eigenvalue weighted by molar-refractivity contribution is -0.0523. The van der Waals surface area contributed by atoms with E-state index in [4.69, 9.17) is 4.74 Å². The summed E-state index contributed by atoms with van der Waals surface area (Å²) in [5.74, 6) is 5.36. The molecule has 1 aliphatic rings. The normalized spacial score (nSPS) is 19.4. The van der Waals surface area contributed by atoms with Crippen molar-refractivity contribution in [2.75, 3.05) is 0 Å². The molecule has 1 N–H and O–H groups in total. The molecule has 3 rings (SSSR count). The molecule has 5 nitrogen and oxygen atoms in total. The summed E-state index contributed by atoms with van der Waals surface area (Å²) in [6.45, 7) is 5.07. The van der Waals surface area contributed by atoms with Gasteiger partial charge in [0, 0.05) is 18.4 Å². The van der Waals surface area contributed by atoms with Crippen LogP contribution >= 0.6 is 0 Å². The summed E-state index contributed by atoms with van der Waals surface area (Å²) in [6.07, 6.45) is 3.00. The zero-order valence-corrected chi connectivity index (χ0v) is 22.7. The van der Waals surface area contributed by atoms with E-state index in [-0.39, 0.29) is 11.9 Å². The van der Waals surface area contributed by atoms with E-state index in [0.717, 1.165) is 30.4 Å². The summed E-state index contributed by atoms with van der Waals surface area (Å²) in [4.78, 5) is 0. The molecule has 2 aromatic carbocycles. The minimum absolute atomic E-state index is 0.248. The molecule has 0 amide bonds. The first-order valence-corrected chi connectivity index (χ1v) is 13.9. The minimum Gasteiger partial charge on any atom is -0.387 e. The number of benzene rings is 2. The van der Waals surface area contributed by atoms with Gasteiger partial charge in [0.2, 0.25) is 0 Å². The third kappa shape index (κ3) is 9.50. The first-order valence-electron chi connectivity index (χ1n) is 12.5. The van der Waals surface area contributed by atoms with Gasteiger partial charge in [0.1, 0.15) is 5.76 Å². The van der Waals surface area contributed by atoms with Gasteiger partial charge in [-0.15, -0.1) is 11.8 Å². The number of rotatable bonds is 9. The Balaban J connectivity index is 0.000000352. The monoisotopic (exact) mass is 552 g/mol. The molecule has 0 aromatic heterocycles. The predicted molar refractivity (Wildman–Crippen MR) is 141 cm³/mol. The largest absolute Gasteiger partial charge is 0.534 e. The van der Waals surface area contributed by atoms with Crippen molar-refractivity contribution >= 4 is 10.1 Å². The Morgan fingerprint density at radius 1 is 1.11 bits per heavy atom. The van der Waals surface area contributed by atoms with Crippen molar-refractivity contribution in [3.8, 4) is 11.8 Å². The summed E-state index contributed by atoms with van der Waals surface area (Å²) in [7, 11) is -5.68. The quantitative estimate of drug-likeness (QED) is 0.116. The Morgan fingerprint density at radius 2 is 1.71 bits per heavy atom. The van der Waals surface area contributed by atoms with E-state index >= 15 is 0 Å². The van der Waals surface area contributed by atoms with Crippen molar-refractivity contribution in [1.29, 1.82) is 0 Å². The van der Waals surface area contributed by atoms with E-state index in [1.165, 1.54) is 6.92 Å². The van der Waals surface area contributed by atoms with E-state index in [1.807, 2.05) is 67.6 Å². The topological polar surface area (TPSA) is 72.8 Å². The van der Waals surface area contributed by atoms with Crippen LogP contribution in [0.5, 0.6) is 0 Å². The van der Waals surface area contributed by atoms with E-state index in [2.05, 4.69) is 16.0 Å². The first kappa shape index (κ1) is 31.4. The first-order chi connectivity index (χ1) is 18.0. The summed E-state index contributed by atoms with van der Waals surface area (Å²) in [6, 6.07) is 18.9. The second kappa shape index (κ2) is 15.0. The highest BCUT2D eigenvalue weighted by Gasteiger charge is 2.49. The maximum absolute atomic E-state index is 12.6. The third-order valence-electron chi connectivity index (χ3n) is 5.99. The molecule has 0 spiro atoms. The van der Waals surface area contributed by atoms with Crippen LogP contribution in [-0.2, 0) is 19.0 Å². The lowest BCUT2D eigenvalue weighted by atomic mass is 9.98. The highest BCUT2D eigenvalue weighted by molar-refractivity contribution is 7.87. The Morgan fingerprint density at radius 3 is 2.26 bits per heavy atom. The lowest BCUT2D eigenvalue weighted by Gasteiger charge is -2.16. The molecule has 0 saturated carbocycles. The van der Waals surface area contributed by atoms with Crippen LogP contribution in [0.15, 0.2) is 72.0 Å². The molecule has 0 radical (unpaired) electrons. The lowest BCUT2D eigenvalue weighted by Crippen LogP contribution is -2.25. The molecule has 1 saturated heterocycles. The summed E-state index contributed by atoms with van der Waals surface area (Å²) < 4.78 is 70.8. The molecule has 9 heteroatoms. The van der Waals surface area contributed by atoms with Gasteiger partial charge in [0.05, 0.1) is 18.3 Å². The molecule has 2 aromatic rings. The number of allylic oxidation sites excluding steroid dienone is 1. The van der Waals surface area contributed by atoms with Gasteiger partial charge in [-0.25, -0.2) is 0 Å². The third-order valence-corrected chi connectivity index (χ3v) is 7.03. The molecule has 1 heterocycles. The van der Waals surface area contributed by atoms with E-state index in [1.54, 1.807) is 6.92 Å². The highest BCUT2D eigenvalue weighted by atomic mass is 32.2. The van der Waals surface area contributed by atoms with Crippen LogP contribution in [0.4, 0.5) is 13.2 Å². The molecular formula is C29H35F3O5S. The van der Waals surface area contributed by atoms with Crippen LogP contribution in [-0.4, -0.2) is 25.1 Å². The molecule has 0 aliphatic carbocycles. The fraction of sp³-hybridized carbons (Fsp3) is 0.448. The zero-order chi connectivity index (χ0) is 28.2. The SMILES string of the molecule is CC#CCC(O)c1ccccc1.CCCCC[C@@H]1O[C@H](c2ccccc2)C/C1=C(/C)OS(=O)(=O)C(F)(F)F. The average Bonchev–Trinajstić information content (AvgIpc) is 3.32. The van der Waals surface area contributed by atoms with Gasteiger partial charge in [-0.2, -0.15) is 21.6 Å². The van der Waals surface area contributed by atoms with Gasteiger partial charge in [0.15, 0.2) is 0 Å². The van der Waals surface area contributed by atoms with Crippen LogP contribution in [0.1, 0.15) is 82.6 Å². The van der Waals surface area contributed by atoms with Gasteiger partial charge in [0.25, 0.3) is 0 Å². The van der Waals surface area contributed by atoms with Crippen LogP contribution in [0.25, 0.3) is 0 Å². The Bertz CT molecular complexity index is 1180. The van der Waals surface area contributed by atoms with Crippen LogP contribution in [0, 0.1) is 11.8 Å². The van der Waals surface area contributed by atoms with E-state index in [0.29, 0.717) is 24.8 Å². The average molecular weight is 553 g/mol. The van der Waals surface area contributed by atoms with Crippen molar-refractivity contribution < 1.29 is 35.6 Å². The van der Waals surface area contributed by atoms with Crippen LogP contribution in [0.2, 0.25) is 0 Å². The molecular weight excluding hydrogens is 517 g/mol. The number of aliphatic hydroxyl groups is 1. The second-order valence-corrected chi connectivity index (χ2v) is 10.4. The number of aliphatic hydroxyl groups excluding tert-OH is 1. The maximum Gasteiger partial charge on any atom is 0.534 e. The van der Waals surface area contributed by atoms with Crippen molar-refractivity contribution in [1.82, 2.24) is 0 Å². The molecule has 208 valence electrons. The van der Waals surface area contributed by atoms with Gasteiger partial charge < -0.3 is 14.0 Å². The van der Waals surface area contributed by atoms with Gasteiger partial charge >= 0.3 is 15.6 Å². The highest BCUT2D eigenvalue weighted by Crippen LogP contribution is 2.41.